The first-order chi connectivity index (χ1) is 9.17. The highest BCUT2D eigenvalue weighted by Crippen LogP contribution is 2.25. The van der Waals surface area contributed by atoms with Crippen LogP contribution in [0.4, 0.5) is 18.9 Å². The molecule has 108 valence electrons. The lowest BCUT2D eigenvalue weighted by atomic mass is 10.2. The summed E-state index contributed by atoms with van der Waals surface area (Å²) in [5.74, 6) is -2.52. The number of carbonyl (C=O) groups is 2. The van der Waals surface area contributed by atoms with Crippen molar-refractivity contribution < 1.29 is 32.6 Å². The Morgan fingerprint density at radius 1 is 1.35 bits per heavy atom. The van der Waals surface area contributed by atoms with Crippen molar-refractivity contribution in [1.82, 2.24) is 0 Å². The maximum atomic E-state index is 12.0. The summed E-state index contributed by atoms with van der Waals surface area (Å²) in [6, 6.07) is 4.63. The van der Waals surface area contributed by atoms with Crippen LogP contribution in [0, 0.1) is 0 Å². The first-order valence-electron chi connectivity index (χ1n) is 5.24. The lowest BCUT2D eigenvalue weighted by Crippen LogP contribution is -2.18. The number of ether oxygens (including phenoxy) is 1. The fourth-order valence-electron chi connectivity index (χ4n) is 1.25. The first-order valence-corrected chi connectivity index (χ1v) is 5.24. The number of nitrogens with one attached hydrogen (secondary N) is 1. The molecule has 0 aromatic heterocycles. The van der Waals surface area contributed by atoms with E-state index in [9.17, 15) is 22.8 Å². The molecule has 1 amide bonds. The number of carbonyl (C=O) groups excluding carboxylic acids is 1. The number of anilines is 1. The van der Waals surface area contributed by atoms with Crippen LogP contribution in [-0.2, 0) is 9.59 Å². The van der Waals surface area contributed by atoms with Crippen LogP contribution >= 0.6 is 0 Å². The van der Waals surface area contributed by atoms with E-state index in [2.05, 4.69) is 16.6 Å². The van der Waals surface area contributed by atoms with E-state index >= 15 is 0 Å². The van der Waals surface area contributed by atoms with Crippen LogP contribution in [0.2, 0.25) is 0 Å². The zero-order chi connectivity index (χ0) is 15.3. The Labute approximate surface area is 111 Å². The average molecular weight is 289 g/mol. The third kappa shape index (κ3) is 5.42. The molecule has 0 spiro atoms. The largest absolute Gasteiger partial charge is 0.573 e. The van der Waals surface area contributed by atoms with Crippen molar-refractivity contribution in [2.24, 2.45) is 0 Å². The molecule has 0 saturated carbocycles. The van der Waals surface area contributed by atoms with Gasteiger partial charge in [-0.25, -0.2) is 4.79 Å². The van der Waals surface area contributed by atoms with Gasteiger partial charge in [0.25, 0.3) is 0 Å². The number of hydrogen-bond donors (Lipinski definition) is 2. The summed E-state index contributed by atoms with van der Waals surface area (Å²) < 4.78 is 39.7. The number of halogens is 3. The van der Waals surface area contributed by atoms with Gasteiger partial charge in [0.2, 0.25) is 5.91 Å². The van der Waals surface area contributed by atoms with E-state index in [1.807, 2.05) is 0 Å². The monoisotopic (exact) mass is 289 g/mol. The third-order valence-electron chi connectivity index (χ3n) is 2.03. The van der Waals surface area contributed by atoms with Crippen LogP contribution in [0.1, 0.15) is 6.42 Å². The first kappa shape index (κ1) is 15.5. The summed E-state index contributed by atoms with van der Waals surface area (Å²) in [6.45, 7) is 3.17. The number of aliphatic carboxylic acids is 1. The molecule has 20 heavy (non-hydrogen) atoms. The van der Waals surface area contributed by atoms with Gasteiger partial charge in [-0.3, -0.25) is 4.79 Å². The summed E-state index contributed by atoms with van der Waals surface area (Å²) in [5, 5.41) is 10.8. The SMILES string of the molecule is C=C(CC(=O)Nc1cccc(OC(F)(F)F)c1)C(=O)O. The minimum Gasteiger partial charge on any atom is -0.478 e. The van der Waals surface area contributed by atoms with E-state index in [4.69, 9.17) is 5.11 Å². The fraction of sp³-hybridized carbons (Fsp3) is 0.167. The molecule has 0 radical (unpaired) electrons. The summed E-state index contributed by atoms with van der Waals surface area (Å²) in [5.41, 5.74) is -0.278. The zero-order valence-electron chi connectivity index (χ0n) is 10.0. The van der Waals surface area contributed by atoms with Gasteiger partial charge in [-0.05, 0) is 12.1 Å². The van der Waals surface area contributed by atoms with Crippen LogP contribution in [0.25, 0.3) is 0 Å². The van der Waals surface area contributed by atoms with E-state index in [-0.39, 0.29) is 11.3 Å². The van der Waals surface area contributed by atoms with E-state index in [0.29, 0.717) is 0 Å². The lowest BCUT2D eigenvalue weighted by Gasteiger charge is -2.10. The predicted molar refractivity (Wildman–Crippen MR) is 63.1 cm³/mol. The highest BCUT2D eigenvalue weighted by Gasteiger charge is 2.31. The van der Waals surface area contributed by atoms with Gasteiger partial charge in [0, 0.05) is 17.3 Å². The zero-order valence-corrected chi connectivity index (χ0v) is 10.0. The molecule has 0 saturated heterocycles. The number of carboxylic acids is 1. The van der Waals surface area contributed by atoms with Gasteiger partial charge in [0.15, 0.2) is 0 Å². The molecule has 1 aromatic rings. The molecule has 0 unspecified atom stereocenters. The molecular formula is C12H10F3NO4. The van der Waals surface area contributed by atoms with Crippen LogP contribution in [0.3, 0.4) is 0 Å². The number of amides is 1. The van der Waals surface area contributed by atoms with Gasteiger partial charge in [-0.15, -0.1) is 13.2 Å². The average Bonchev–Trinajstić information content (AvgIpc) is 2.26. The van der Waals surface area contributed by atoms with Crippen molar-refractivity contribution in [3.8, 4) is 5.75 Å². The maximum Gasteiger partial charge on any atom is 0.573 e. The highest BCUT2D eigenvalue weighted by atomic mass is 19.4. The van der Waals surface area contributed by atoms with Crippen molar-refractivity contribution in [1.29, 1.82) is 0 Å². The maximum absolute atomic E-state index is 12.0. The summed E-state index contributed by atoms with van der Waals surface area (Å²) >= 11 is 0. The highest BCUT2D eigenvalue weighted by molar-refractivity contribution is 5.99. The Hall–Kier alpha value is -2.51. The molecule has 0 fully saturated rings. The van der Waals surface area contributed by atoms with Crippen LogP contribution in [-0.4, -0.2) is 23.3 Å². The molecule has 0 aliphatic carbocycles. The van der Waals surface area contributed by atoms with Crippen LogP contribution in [0.15, 0.2) is 36.4 Å². The second-order valence-electron chi connectivity index (χ2n) is 3.71. The molecule has 0 atom stereocenters. The van der Waals surface area contributed by atoms with Gasteiger partial charge >= 0.3 is 12.3 Å². The van der Waals surface area contributed by atoms with E-state index in [1.54, 1.807) is 0 Å². The quantitative estimate of drug-likeness (QED) is 0.817. The Morgan fingerprint density at radius 3 is 2.55 bits per heavy atom. The second kappa shape index (κ2) is 6.09. The predicted octanol–water partition coefficient (Wildman–Crippen LogP) is 2.55. The molecule has 2 N–H and O–H groups in total. The molecule has 8 heteroatoms. The van der Waals surface area contributed by atoms with Crippen molar-refractivity contribution in [3.63, 3.8) is 0 Å². The lowest BCUT2D eigenvalue weighted by molar-refractivity contribution is -0.274. The summed E-state index contributed by atoms with van der Waals surface area (Å²) in [6.07, 6.45) is -5.31. The van der Waals surface area contributed by atoms with E-state index in [0.717, 1.165) is 12.1 Å². The van der Waals surface area contributed by atoms with E-state index in [1.165, 1.54) is 12.1 Å². The molecule has 0 aliphatic rings. The summed E-state index contributed by atoms with van der Waals surface area (Å²) in [7, 11) is 0. The molecular weight excluding hydrogens is 279 g/mol. The number of carboxylic acid groups (broad SMARTS) is 1. The molecule has 1 aromatic carbocycles. The van der Waals surface area contributed by atoms with Crippen LogP contribution in [0.5, 0.6) is 5.75 Å². The van der Waals surface area contributed by atoms with Gasteiger partial charge < -0.3 is 15.2 Å². The molecule has 1 rings (SSSR count). The van der Waals surface area contributed by atoms with E-state index < -0.39 is 30.4 Å². The number of alkyl halides is 3. The Balaban J connectivity index is 2.69. The molecule has 0 bridgehead atoms. The minimum atomic E-state index is -4.83. The molecule has 0 heterocycles. The van der Waals surface area contributed by atoms with Gasteiger partial charge in [-0.1, -0.05) is 12.6 Å². The Bertz CT molecular complexity index is 540. The van der Waals surface area contributed by atoms with Crippen molar-refractivity contribution >= 4 is 17.6 Å². The number of benzene rings is 1. The second-order valence-corrected chi connectivity index (χ2v) is 3.71. The minimum absolute atomic E-state index is 0.0509. The van der Waals surface area contributed by atoms with Gasteiger partial charge in [-0.2, -0.15) is 0 Å². The van der Waals surface area contributed by atoms with Gasteiger partial charge in [0.1, 0.15) is 5.75 Å². The van der Waals surface area contributed by atoms with Crippen molar-refractivity contribution in [2.75, 3.05) is 5.32 Å². The summed E-state index contributed by atoms with van der Waals surface area (Å²) in [4.78, 5) is 21.9. The standard InChI is InChI=1S/C12H10F3NO4/c1-7(11(18)19)5-10(17)16-8-3-2-4-9(6-8)20-12(13,14)15/h2-4,6H,1,5H2,(H,16,17)(H,18,19). The Morgan fingerprint density at radius 2 is 2.00 bits per heavy atom. The molecule has 0 aliphatic heterocycles. The van der Waals surface area contributed by atoms with Crippen LogP contribution < -0.4 is 10.1 Å². The Kier molecular flexibility index (Phi) is 4.73. The molecule has 5 nitrogen and oxygen atoms in total. The topological polar surface area (TPSA) is 75.6 Å². The fourth-order valence-corrected chi connectivity index (χ4v) is 1.25. The van der Waals surface area contributed by atoms with Crippen molar-refractivity contribution in [3.05, 3.63) is 36.4 Å². The van der Waals surface area contributed by atoms with Crippen molar-refractivity contribution in [2.45, 2.75) is 12.8 Å². The third-order valence-corrected chi connectivity index (χ3v) is 2.03. The number of hydrogen-bond acceptors (Lipinski definition) is 3. The van der Waals surface area contributed by atoms with Gasteiger partial charge in [0.05, 0.1) is 6.42 Å². The normalized spacial score (nSPS) is 10.8. The number of rotatable bonds is 5. The smallest absolute Gasteiger partial charge is 0.478 e.